The molecular weight excluding hydrogens is 464 g/mol. The molecule has 0 saturated heterocycles. The van der Waals surface area contributed by atoms with E-state index in [-0.39, 0.29) is 49.8 Å². The third kappa shape index (κ3) is 4.85. The van der Waals surface area contributed by atoms with Crippen LogP contribution < -0.4 is 11.1 Å². The molecule has 11 heteroatoms. The summed E-state index contributed by atoms with van der Waals surface area (Å²) in [5, 5.41) is 17.0. The zero-order chi connectivity index (χ0) is 25.0. The van der Waals surface area contributed by atoms with Crippen LogP contribution in [0.15, 0.2) is 18.5 Å². The summed E-state index contributed by atoms with van der Waals surface area (Å²) in [7, 11) is 0. The summed E-state index contributed by atoms with van der Waals surface area (Å²) in [6.45, 7) is 0. The lowest BCUT2D eigenvalue weighted by Gasteiger charge is -2.35. The molecule has 35 heavy (non-hydrogen) atoms. The highest BCUT2D eigenvalue weighted by Crippen LogP contribution is 2.54. The molecule has 0 unspecified atom stereocenters. The van der Waals surface area contributed by atoms with Gasteiger partial charge in [0.1, 0.15) is 0 Å². The monoisotopic (exact) mass is 492 g/mol. The van der Waals surface area contributed by atoms with Gasteiger partial charge in [-0.1, -0.05) is 0 Å². The van der Waals surface area contributed by atoms with E-state index in [0.29, 0.717) is 42.6 Å². The van der Waals surface area contributed by atoms with E-state index in [9.17, 15) is 27.6 Å². The zero-order valence-electron chi connectivity index (χ0n) is 19.2. The minimum absolute atomic E-state index is 0.00785. The summed E-state index contributed by atoms with van der Waals surface area (Å²) >= 11 is 0. The molecule has 3 N–H and O–H groups in total. The topological polar surface area (TPSA) is 109 Å². The highest BCUT2D eigenvalue weighted by molar-refractivity contribution is 5.77. The van der Waals surface area contributed by atoms with Crippen molar-refractivity contribution in [3.05, 3.63) is 29.7 Å². The molecule has 3 aliphatic carbocycles. The maximum absolute atomic E-state index is 13.5. The molecule has 0 radical (unpaired) electrons. The van der Waals surface area contributed by atoms with E-state index < -0.39 is 29.3 Å². The number of nitrogens with two attached hydrogens (primary N) is 1. The van der Waals surface area contributed by atoms with Gasteiger partial charge in [0.15, 0.2) is 5.65 Å². The Morgan fingerprint density at radius 1 is 1.20 bits per heavy atom. The van der Waals surface area contributed by atoms with Crippen LogP contribution in [0.3, 0.4) is 0 Å². The second-order valence-electron chi connectivity index (χ2n) is 10.6. The molecule has 1 amide bonds. The van der Waals surface area contributed by atoms with Crippen molar-refractivity contribution >= 4 is 11.6 Å². The summed E-state index contributed by atoms with van der Waals surface area (Å²) in [5.74, 6) is -6.15. The number of carbonyl (C=O) groups is 1. The Labute approximate surface area is 200 Å². The first-order valence-electron chi connectivity index (χ1n) is 12.1. The fraction of sp³-hybridized carbons (Fsp3) is 0.667. The smallest absolute Gasteiger partial charge is 0.248 e. The van der Waals surface area contributed by atoms with Gasteiger partial charge in [-0.05, 0) is 49.1 Å². The molecular formula is C24H28F4N6O. The molecule has 3 fully saturated rings. The summed E-state index contributed by atoms with van der Waals surface area (Å²) in [4.78, 5) is 17.2. The Hall–Kier alpha value is -2.74. The Morgan fingerprint density at radius 2 is 1.89 bits per heavy atom. The molecule has 3 saturated carbocycles. The van der Waals surface area contributed by atoms with Crippen molar-refractivity contribution in [2.45, 2.75) is 81.7 Å². The number of amides is 1. The van der Waals surface area contributed by atoms with Crippen molar-refractivity contribution in [1.29, 1.82) is 5.26 Å². The number of hydrogen-bond acceptors (Lipinski definition) is 5. The standard InChI is InChI=1S/C24H28F4N6O/c25-23(26)3-1-15(2-4-23)20(30)17-12-34-18(32-17)8-16(11-31-34)21(22(13-29)5-6-22)33-19(35)7-14-9-24(27,28)10-14/h8,11-12,14-15,20-21H,1-7,9-10,30H2,(H,33,35)/t20-,21+/m0/s1. The summed E-state index contributed by atoms with van der Waals surface area (Å²) < 4.78 is 54.9. The molecule has 0 aromatic carbocycles. The van der Waals surface area contributed by atoms with Gasteiger partial charge in [-0.25, -0.2) is 27.1 Å². The molecule has 0 aliphatic heterocycles. The van der Waals surface area contributed by atoms with Crippen LogP contribution in [0.5, 0.6) is 0 Å². The maximum atomic E-state index is 13.5. The van der Waals surface area contributed by atoms with Crippen molar-refractivity contribution in [2.75, 3.05) is 0 Å². The molecule has 0 bridgehead atoms. The van der Waals surface area contributed by atoms with Crippen molar-refractivity contribution in [1.82, 2.24) is 19.9 Å². The van der Waals surface area contributed by atoms with Crippen molar-refractivity contribution < 1.29 is 22.4 Å². The van der Waals surface area contributed by atoms with Gasteiger partial charge in [-0.3, -0.25) is 4.79 Å². The summed E-state index contributed by atoms with van der Waals surface area (Å²) in [6, 6.07) is 2.90. The SMILES string of the molecule is N#CC1([C@H](NC(=O)CC2CC(F)(F)C2)c2cnn3cc([C@@H](N)C4CCC(F)(F)CC4)nc3c2)CC1. The quantitative estimate of drug-likeness (QED) is 0.555. The van der Waals surface area contributed by atoms with E-state index in [1.165, 1.54) is 4.52 Å². The Kier molecular flexibility index (Phi) is 5.78. The Balaban J connectivity index is 1.33. The summed E-state index contributed by atoms with van der Waals surface area (Å²) in [5.41, 5.74) is 7.23. The predicted molar refractivity (Wildman–Crippen MR) is 117 cm³/mol. The van der Waals surface area contributed by atoms with Crippen molar-refractivity contribution in [2.24, 2.45) is 23.0 Å². The number of aromatic nitrogens is 3. The maximum Gasteiger partial charge on any atom is 0.248 e. The molecule has 2 aromatic heterocycles. The van der Waals surface area contributed by atoms with Crippen LogP contribution in [0.2, 0.25) is 0 Å². The van der Waals surface area contributed by atoms with E-state index >= 15 is 0 Å². The van der Waals surface area contributed by atoms with Crippen molar-refractivity contribution in [3.8, 4) is 6.07 Å². The lowest BCUT2D eigenvalue weighted by molar-refractivity contribution is -0.134. The van der Waals surface area contributed by atoms with Crippen LogP contribution in [0.25, 0.3) is 5.65 Å². The van der Waals surface area contributed by atoms with Gasteiger partial charge >= 0.3 is 0 Å². The van der Waals surface area contributed by atoms with Gasteiger partial charge in [-0.2, -0.15) is 10.4 Å². The molecule has 5 rings (SSSR count). The van der Waals surface area contributed by atoms with Gasteiger partial charge in [0.2, 0.25) is 17.8 Å². The minimum atomic E-state index is -2.69. The normalized spacial score (nSPS) is 24.8. The second-order valence-corrected chi connectivity index (χ2v) is 10.6. The van der Waals surface area contributed by atoms with Crippen molar-refractivity contribution in [3.63, 3.8) is 0 Å². The fourth-order valence-corrected chi connectivity index (χ4v) is 5.44. The lowest BCUT2D eigenvalue weighted by Crippen LogP contribution is -2.40. The van der Waals surface area contributed by atoms with E-state index in [4.69, 9.17) is 5.73 Å². The van der Waals surface area contributed by atoms with E-state index in [1.54, 1.807) is 18.5 Å². The number of rotatable bonds is 7. The van der Waals surface area contributed by atoms with E-state index in [1.807, 2.05) is 0 Å². The Morgan fingerprint density at radius 3 is 2.49 bits per heavy atom. The first-order chi connectivity index (χ1) is 16.5. The average Bonchev–Trinajstić information content (AvgIpc) is 3.46. The van der Waals surface area contributed by atoms with Crippen LogP contribution in [0.4, 0.5) is 17.6 Å². The third-order valence-corrected chi connectivity index (χ3v) is 7.82. The van der Waals surface area contributed by atoms with Crippen LogP contribution in [-0.4, -0.2) is 32.4 Å². The minimum Gasteiger partial charge on any atom is -0.348 e. The van der Waals surface area contributed by atoms with Crippen LogP contribution >= 0.6 is 0 Å². The van der Waals surface area contributed by atoms with Crippen LogP contribution in [0, 0.1) is 28.6 Å². The number of nitriles is 1. The zero-order valence-corrected chi connectivity index (χ0v) is 19.2. The molecule has 3 aliphatic rings. The van der Waals surface area contributed by atoms with Gasteiger partial charge < -0.3 is 11.1 Å². The number of nitrogens with one attached hydrogen (secondary N) is 1. The van der Waals surface area contributed by atoms with Crippen LogP contribution in [-0.2, 0) is 4.79 Å². The first kappa shape index (κ1) is 24.0. The molecule has 2 heterocycles. The highest BCUT2D eigenvalue weighted by Gasteiger charge is 2.52. The highest BCUT2D eigenvalue weighted by atomic mass is 19.3. The lowest BCUT2D eigenvalue weighted by atomic mass is 9.79. The molecule has 2 atom stereocenters. The number of imidazole rings is 1. The second kappa shape index (κ2) is 8.43. The van der Waals surface area contributed by atoms with Gasteiger partial charge in [0.05, 0.1) is 41.7 Å². The Bertz CT molecular complexity index is 1150. The largest absolute Gasteiger partial charge is 0.348 e. The average molecular weight is 493 g/mol. The molecule has 0 spiro atoms. The molecule has 2 aromatic rings. The van der Waals surface area contributed by atoms with Gasteiger partial charge in [-0.15, -0.1) is 0 Å². The van der Waals surface area contributed by atoms with Crippen LogP contribution in [0.1, 0.15) is 81.1 Å². The number of alkyl halides is 4. The fourth-order valence-electron chi connectivity index (χ4n) is 5.44. The number of fused-ring (bicyclic) bond motifs is 1. The number of hydrogen-bond donors (Lipinski definition) is 2. The van der Waals surface area contributed by atoms with Gasteiger partial charge in [0, 0.05) is 32.1 Å². The number of nitrogens with zero attached hydrogens (tertiary/aromatic N) is 4. The number of halogens is 4. The third-order valence-electron chi connectivity index (χ3n) is 7.82. The van der Waals surface area contributed by atoms with E-state index in [0.717, 1.165) is 0 Å². The van der Waals surface area contributed by atoms with E-state index in [2.05, 4.69) is 21.5 Å². The van der Waals surface area contributed by atoms with Gasteiger partial charge in [0.25, 0.3) is 0 Å². The first-order valence-corrected chi connectivity index (χ1v) is 12.1. The molecule has 7 nitrogen and oxygen atoms in total. The molecule has 188 valence electrons. The summed E-state index contributed by atoms with van der Waals surface area (Å²) in [6.07, 6.45) is 4.15. The number of carbonyl (C=O) groups excluding carboxylic acids is 1. The predicted octanol–water partition coefficient (Wildman–Crippen LogP) is 4.45.